The molecule has 0 fully saturated rings. The molecule has 0 amide bonds. The van der Waals surface area contributed by atoms with Gasteiger partial charge in [0.1, 0.15) is 4.90 Å². The molecule has 0 heterocycles. The minimum absolute atomic E-state index is 0.0274. The average Bonchev–Trinajstić information content (AvgIpc) is 2.37. The van der Waals surface area contributed by atoms with Crippen molar-refractivity contribution in [2.75, 3.05) is 25.5 Å². The zero-order chi connectivity index (χ0) is 15.2. The Morgan fingerprint density at radius 1 is 1.45 bits per heavy atom. The van der Waals surface area contributed by atoms with Crippen molar-refractivity contribution in [3.63, 3.8) is 0 Å². The van der Waals surface area contributed by atoms with Crippen LogP contribution in [0.25, 0.3) is 0 Å². The smallest absolute Gasteiger partial charge is 0.242 e. The van der Waals surface area contributed by atoms with Gasteiger partial charge in [-0.05, 0) is 24.1 Å². The molecule has 0 saturated carbocycles. The molecular formula is C13H19N3O3S. The number of nitrogens with two attached hydrogens (primary N) is 1. The molecule has 0 atom stereocenters. The predicted molar refractivity (Wildman–Crippen MR) is 76.4 cm³/mol. The van der Waals surface area contributed by atoms with Gasteiger partial charge in [-0.1, -0.05) is 13.8 Å². The molecule has 1 rings (SSSR count). The zero-order valence-electron chi connectivity index (χ0n) is 11.6. The average molecular weight is 297 g/mol. The van der Waals surface area contributed by atoms with Gasteiger partial charge in [0.05, 0.1) is 23.9 Å². The fraction of sp³-hybridized carbons (Fsp3) is 0.462. The van der Waals surface area contributed by atoms with Crippen LogP contribution in [0.1, 0.15) is 19.4 Å². The van der Waals surface area contributed by atoms with Gasteiger partial charge >= 0.3 is 0 Å². The number of benzene rings is 1. The lowest BCUT2D eigenvalue weighted by atomic mass is 10.2. The van der Waals surface area contributed by atoms with Gasteiger partial charge in [-0.3, -0.25) is 0 Å². The highest BCUT2D eigenvalue weighted by atomic mass is 32.2. The first kappa shape index (κ1) is 16.4. The Labute approximate surface area is 119 Å². The van der Waals surface area contributed by atoms with Crippen LogP contribution >= 0.6 is 0 Å². The number of anilines is 1. The van der Waals surface area contributed by atoms with E-state index in [2.05, 4.69) is 4.72 Å². The summed E-state index contributed by atoms with van der Waals surface area (Å²) in [6.45, 7) is 5.09. The fourth-order valence-corrected chi connectivity index (χ4v) is 2.63. The highest BCUT2D eigenvalue weighted by Gasteiger charge is 2.17. The van der Waals surface area contributed by atoms with Crippen molar-refractivity contribution >= 4 is 15.7 Å². The van der Waals surface area contributed by atoms with Gasteiger partial charge in [0.15, 0.2) is 0 Å². The van der Waals surface area contributed by atoms with Crippen molar-refractivity contribution < 1.29 is 13.2 Å². The summed E-state index contributed by atoms with van der Waals surface area (Å²) in [5.74, 6) is 0.403. The number of hydrogen-bond donors (Lipinski definition) is 2. The minimum atomic E-state index is -3.68. The number of nitriles is 1. The monoisotopic (exact) mass is 297 g/mol. The second-order valence-electron chi connectivity index (χ2n) is 4.73. The minimum Gasteiger partial charge on any atom is -0.398 e. The zero-order valence-corrected chi connectivity index (χ0v) is 12.4. The number of nitrogens with zero attached hydrogens (tertiary/aromatic N) is 1. The molecule has 0 bridgehead atoms. The molecule has 0 aliphatic rings. The quantitative estimate of drug-likeness (QED) is 0.579. The van der Waals surface area contributed by atoms with E-state index in [-0.39, 0.29) is 17.1 Å². The van der Waals surface area contributed by atoms with Crippen molar-refractivity contribution in [1.82, 2.24) is 4.72 Å². The molecule has 0 aliphatic carbocycles. The summed E-state index contributed by atoms with van der Waals surface area (Å²) in [6, 6.07) is 5.98. The second kappa shape index (κ2) is 7.24. The van der Waals surface area contributed by atoms with Gasteiger partial charge in [-0.2, -0.15) is 5.26 Å². The molecule has 1 aromatic rings. The molecule has 0 unspecified atom stereocenters. The molecule has 1 aromatic carbocycles. The van der Waals surface area contributed by atoms with Gasteiger partial charge in [0.25, 0.3) is 0 Å². The predicted octanol–water partition coefficient (Wildman–Crippen LogP) is 1.09. The number of sulfonamides is 1. The van der Waals surface area contributed by atoms with Crippen LogP contribution in [0.15, 0.2) is 23.1 Å². The number of rotatable bonds is 7. The Morgan fingerprint density at radius 2 is 2.15 bits per heavy atom. The van der Waals surface area contributed by atoms with E-state index in [4.69, 9.17) is 15.7 Å². The third-order valence-electron chi connectivity index (χ3n) is 2.42. The molecular weight excluding hydrogens is 278 g/mol. The maximum absolute atomic E-state index is 12.0. The molecule has 0 spiro atoms. The van der Waals surface area contributed by atoms with Crippen LogP contribution < -0.4 is 10.5 Å². The molecule has 0 radical (unpaired) electrons. The Bertz CT molecular complexity index is 591. The summed E-state index contributed by atoms with van der Waals surface area (Å²) in [6.07, 6.45) is 0. The van der Waals surface area contributed by atoms with Gasteiger partial charge in [0.2, 0.25) is 10.0 Å². The van der Waals surface area contributed by atoms with E-state index < -0.39 is 10.0 Å². The standard InChI is InChI=1S/C13H19N3O3S/c1-10(2)9-19-6-5-16-20(17,18)13-4-3-11(8-14)7-12(13)15/h3-4,7,10,16H,5-6,9,15H2,1-2H3. The summed E-state index contributed by atoms with van der Waals surface area (Å²) < 4.78 is 31.7. The SMILES string of the molecule is CC(C)COCCNS(=O)(=O)c1ccc(C#N)cc1N. The maximum atomic E-state index is 12.0. The van der Waals surface area contributed by atoms with Gasteiger partial charge in [-0.15, -0.1) is 0 Å². The van der Waals surface area contributed by atoms with Crippen LogP contribution in [0, 0.1) is 17.2 Å². The third-order valence-corrected chi connectivity index (χ3v) is 3.95. The number of nitrogen functional groups attached to an aromatic ring is 1. The summed E-state index contributed by atoms with van der Waals surface area (Å²) in [5, 5.41) is 8.71. The lowest BCUT2D eigenvalue weighted by Crippen LogP contribution is -2.28. The maximum Gasteiger partial charge on any atom is 0.242 e. The second-order valence-corrected chi connectivity index (χ2v) is 6.47. The van der Waals surface area contributed by atoms with Crippen molar-refractivity contribution in [3.8, 4) is 6.07 Å². The Morgan fingerprint density at radius 3 is 2.70 bits per heavy atom. The summed E-state index contributed by atoms with van der Waals surface area (Å²) >= 11 is 0. The molecule has 0 saturated heterocycles. The highest BCUT2D eigenvalue weighted by Crippen LogP contribution is 2.19. The molecule has 110 valence electrons. The van der Waals surface area contributed by atoms with Crippen molar-refractivity contribution in [3.05, 3.63) is 23.8 Å². The van der Waals surface area contributed by atoms with E-state index in [0.717, 1.165) is 0 Å². The van der Waals surface area contributed by atoms with Gasteiger partial charge in [-0.25, -0.2) is 13.1 Å². The first-order chi connectivity index (χ1) is 9.36. The Hall–Kier alpha value is -1.62. The molecule has 3 N–H and O–H groups in total. The number of nitrogens with one attached hydrogen (secondary N) is 1. The molecule has 0 aromatic heterocycles. The molecule has 0 aliphatic heterocycles. The van der Waals surface area contributed by atoms with E-state index >= 15 is 0 Å². The van der Waals surface area contributed by atoms with Crippen LogP contribution in [-0.4, -0.2) is 28.2 Å². The van der Waals surface area contributed by atoms with E-state index in [1.165, 1.54) is 18.2 Å². The largest absolute Gasteiger partial charge is 0.398 e. The van der Waals surface area contributed by atoms with Crippen molar-refractivity contribution in [1.29, 1.82) is 5.26 Å². The van der Waals surface area contributed by atoms with Gasteiger partial charge < -0.3 is 10.5 Å². The lowest BCUT2D eigenvalue weighted by molar-refractivity contribution is 0.114. The van der Waals surface area contributed by atoms with Crippen LogP contribution in [0.5, 0.6) is 0 Å². The van der Waals surface area contributed by atoms with Crippen LogP contribution in [0.3, 0.4) is 0 Å². The van der Waals surface area contributed by atoms with Crippen molar-refractivity contribution in [2.45, 2.75) is 18.7 Å². The topological polar surface area (TPSA) is 105 Å². The Balaban J connectivity index is 2.63. The van der Waals surface area contributed by atoms with E-state index in [0.29, 0.717) is 24.7 Å². The van der Waals surface area contributed by atoms with E-state index in [1.54, 1.807) is 0 Å². The van der Waals surface area contributed by atoms with Gasteiger partial charge in [0, 0.05) is 13.2 Å². The van der Waals surface area contributed by atoms with Crippen LogP contribution in [0.4, 0.5) is 5.69 Å². The fourth-order valence-electron chi connectivity index (χ4n) is 1.51. The highest BCUT2D eigenvalue weighted by molar-refractivity contribution is 7.89. The lowest BCUT2D eigenvalue weighted by Gasteiger charge is -2.10. The summed E-state index contributed by atoms with van der Waals surface area (Å²) in [5.41, 5.74) is 6.03. The molecule has 6 nitrogen and oxygen atoms in total. The summed E-state index contributed by atoms with van der Waals surface area (Å²) in [7, 11) is -3.68. The van der Waals surface area contributed by atoms with E-state index in [9.17, 15) is 8.42 Å². The normalized spacial score (nSPS) is 11.5. The Kier molecular flexibility index (Phi) is 5.95. The molecule has 7 heteroatoms. The van der Waals surface area contributed by atoms with Crippen LogP contribution in [-0.2, 0) is 14.8 Å². The van der Waals surface area contributed by atoms with E-state index in [1.807, 2.05) is 19.9 Å². The van der Waals surface area contributed by atoms with Crippen molar-refractivity contribution in [2.24, 2.45) is 5.92 Å². The third kappa shape index (κ3) is 4.81. The number of ether oxygens (including phenoxy) is 1. The first-order valence-corrected chi connectivity index (χ1v) is 7.72. The molecule has 20 heavy (non-hydrogen) atoms. The summed E-state index contributed by atoms with van der Waals surface area (Å²) in [4.78, 5) is -0.0274. The van der Waals surface area contributed by atoms with Crippen LogP contribution in [0.2, 0.25) is 0 Å². The first-order valence-electron chi connectivity index (χ1n) is 6.24. The number of hydrogen-bond acceptors (Lipinski definition) is 5.